The highest BCUT2D eigenvalue weighted by Crippen LogP contribution is 2.22. The molecule has 1 fully saturated rings. The van der Waals surface area contributed by atoms with Gasteiger partial charge in [-0.25, -0.2) is 4.98 Å². The van der Waals surface area contributed by atoms with E-state index in [9.17, 15) is 4.79 Å². The first-order valence-corrected chi connectivity index (χ1v) is 9.21. The Kier molecular flexibility index (Phi) is 7.42. The second-order valence-electron chi connectivity index (χ2n) is 6.28. The van der Waals surface area contributed by atoms with Crippen molar-refractivity contribution in [3.63, 3.8) is 0 Å². The van der Waals surface area contributed by atoms with Crippen LogP contribution in [0.4, 0.5) is 0 Å². The van der Waals surface area contributed by atoms with Crippen LogP contribution in [0.2, 0.25) is 0 Å². The number of morpholine rings is 1. The molecule has 0 radical (unpaired) electrons. The first-order chi connectivity index (χ1) is 11.1. The Bertz CT molecular complexity index is 486. The van der Waals surface area contributed by atoms with Crippen LogP contribution in [0.15, 0.2) is 5.38 Å². The molecule has 1 aromatic rings. The summed E-state index contributed by atoms with van der Waals surface area (Å²) in [6.45, 7) is 9.48. The van der Waals surface area contributed by atoms with E-state index in [2.05, 4.69) is 29.0 Å². The van der Waals surface area contributed by atoms with Crippen LogP contribution in [-0.2, 0) is 16.0 Å². The summed E-state index contributed by atoms with van der Waals surface area (Å²) in [5, 5.41) is 5.82. The highest BCUT2D eigenvalue weighted by atomic mass is 32.1. The molecule has 1 aromatic heterocycles. The third kappa shape index (κ3) is 6.18. The summed E-state index contributed by atoms with van der Waals surface area (Å²) in [7, 11) is 0. The first kappa shape index (κ1) is 18.3. The van der Waals surface area contributed by atoms with Gasteiger partial charge in [-0.05, 0) is 18.9 Å². The number of ether oxygens (including phenoxy) is 1. The van der Waals surface area contributed by atoms with E-state index < -0.39 is 0 Å². The summed E-state index contributed by atoms with van der Waals surface area (Å²) < 4.78 is 5.32. The molecule has 3 N–H and O–H groups in total. The van der Waals surface area contributed by atoms with Crippen LogP contribution in [0, 0.1) is 5.92 Å². The lowest BCUT2D eigenvalue weighted by atomic mass is 10.1. The zero-order valence-electron chi connectivity index (χ0n) is 14.1. The van der Waals surface area contributed by atoms with Gasteiger partial charge in [0.1, 0.15) is 5.01 Å². The molecule has 1 saturated heterocycles. The van der Waals surface area contributed by atoms with Gasteiger partial charge < -0.3 is 15.8 Å². The van der Waals surface area contributed by atoms with Crippen LogP contribution >= 0.6 is 11.3 Å². The van der Waals surface area contributed by atoms with Gasteiger partial charge >= 0.3 is 0 Å². The second kappa shape index (κ2) is 9.32. The van der Waals surface area contributed by atoms with Crippen LogP contribution in [0.5, 0.6) is 0 Å². The van der Waals surface area contributed by atoms with Crippen molar-refractivity contribution in [3.8, 4) is 0 Å². The molecule has 1 aliphatic heterocycles. The van der Waals surface area contributed by atoms with Crippen molar-refractivity contribution in [2.45, 2.75) is 32.7 Å². The van der Waals surface area contributed by atoms with Gasteiger partial charge in [0.25, 0.3) is 0 Å². The molecule has 130 valence electrons. The highest BCUT2D eigenvalue weighted by Gasteiger charge is 2.16. The Morgan fingerprint density at radius 3 is 2.91 bits per heavy atom. The molecule has 0 saturated carbocycles. The number of carbonyl (C=O) groups excluding carboxylic acids is 1. The Hall–Kier alpha value is -1.02. The zero-order chi connectivity index (χ0) is 16.7. The van der Waals surface area contributed by atoms with Crippen molar-refractivity contribution in [2.75, 3.05) is 39.4 Å². The normalized spacial score (nSPS) is 17.4. The summed E-state index contributed by atoms with van der Waals surface area (Å²) >= 11 is 1.54. The fourth-order valence-corrected chi connectivity index (χ4v) is 3.42. The minimum atomic E-state index is -0.0506. The summed E-state index contributed by atoms with van der Waals surface area (Å²) in [6.07, 6.45) is 1.30. The number of carbonyl (C=O) groups is 1. The monoisotopic (exact) mass is 340 g/mol. The van der Waals surface area contributed by atoms with E-state index in [0.29, 0.717) is 18.9 Å². The Labute approximate surface area is 142 Å². The largest absolute Gasteiger partial charge is 0.379 e. The van der Waals surface area contributed by atoms with Crippen LogP contribution in [0.25, 0.3) is 0 Å². The fraction of sp³-hybridized carbons (Fsp3) is 0.750. The topological polar surface area (TPSA) is 80.5 Å². The highest BCUT2D eigenvalue weighted by molar-refractivity contribution is 7.09. The van der Waals surface area contributed by atoms with E-state index >= 15 is 0 Å². The Balaban J connectivity index is 1.64. The van der Waals surface area contributed by atoms with E-state index in [1.54, 1.807) is 11.3 Å². The van der Waals surface area contributed by atoms with Gasteiger partial charge in [0.05, 0.1) is 31.4 Å². The molecule has 1 amide bonds. The smallest absolute Gasteiger partial charge is 0.226 e. The predicted octanol–water partition coefficient (Wildman–Crippen LogP) is 1.18. The lowest BCUT2D eigenvalue weighted by Gasteiger charge is -2.26. The second-order valence-corrected chi connectivity index (χ2v) is 7.17. The predicted molar refractivity (Wildman–Crippen MR) is 92.5 cm³/mol. The molecule has 1 atom stereocenters. The average Bonchev–Trinajstić information content (AvgIpc) is 3.00. The van der Waals surface area contributed by atoms with Gasteiger partial charge in [-0.2, -0.15) is 0 Å². The fourth-order valence-electron chi connectivity index (χ4n) is 2.42. The summed E-state index contributed by atoms with van der Waals surface area (Å²) in [5.41, 5.74) is 6.90. The zero-order valence-corrected chi connectivity index (χ0v) is 14.9. The molecule has 2 heterocycles. The molecular formula is C16H28N4O2S. The van der Waals surface area contributed by atoms with E-state index in [4.69, 9.17) is 10.5 Å². The van der Waals surface area contributed by atoms with Gasteiger partial charge in [-0.1, -0.05) is 13.8 Å². The quantitative estimate of drug-likeness (QED) is 0.695. The average molecular weight is 340 g/mol. The van der Waals surface area contributed by atoms with Gasteiger partial charge in [0, 0.05) is 25.0 Å². The maximum Gasteiger partial charge on any atom is 0.226 e. The minimum Gasteiger partial charge on any atom is -0.379 e. The van der Waals surface area contributed by atoms with E-state index in [-0.39, 0.29) is 11.9 Å². The Morgan fingerprint density at radius 2 is 2.22 bits per heavy atom. The van der Waals surface area contributed by atoms with Crippen molar-refractivity contribution in [2.24, 2.45) is 11.7 Å². The SMILES string of the molecule is CC(C)C(N)c1nc(CC(=O)NCCCN2CCOCC2)cs1. The van der Waals surface area contributed by atoms with Crippen molar-refractivity contribution in [1.82, 2.24) is 15.2 Å². The van der Waals surface area contributed by atoms with Crippen LogP contribution in [-0.4, -0.2) is 55.2 Å². The molecule has 6 nitrogen and oxygen atoms in total. The number of hydrogen-bond acceptors (Lipinski definition) is 6. The number of amides is 1. The van der Waals surface area contributed by atoms with Gasteiger partial charge in [-0.3, -0.25) is 9.69 Å². The molecule has 1 unspecified atom stereocenters. The molecule has 0 spiro atoms. The maximum absolute atomic E-state index is 12.0. The van der Waals surface area contributed by atoms with Crippen molar-refractivity contribution in [1.29, 1.82) is 0 Å². The first-order valence-electron chi connectivity index (χ1n) is 8.33. The molecule has 1 aliphatic rings. The van der Waals surface area contributed by atoms with Crippen LogP contribution < -0.4 is 11.1 Å². The third-order valence-electron chi connectivity index (χ3n) is 3.99. The van der Waals surface area contributed by atoms with Crippen molar-refractivity contribution in [3.05, 3.63) is 16.1 Å². The summed E-state index contributed by atoms with van der Waals surface area (Å²) in [5.74, 6) is 0.380. The number of nitrogens with one attached hydrogen (secondary N) is 1. The summed E-state index contributed by atoms with van der Waals surface area (Å²) in [6, 6.07) is -0.0506. The summed E-state index contributed by atoms with van der Waals surface area (Å²) in [4.78, 5) is 18.8. The van der Waals surface area contributed by atoms with E-state index in [1.807, 2.05) is 5.38 Å². The minimum absolute atomic E-state index is 0.0296. The third-order valence-corrected chi connectivity index (χ3v) is 4.99. The molecule has 2 rings (SSSR count). The standard InChI is InChI=1S/C16H28N4O2S/c1-12(2)15(17)16-19-13(11-23-16)10-14(21)18-4-3-5-20-6-8-22-9-7-20/h11-12,15H,3-10,17H2,1-2H3,(H,18,21). The van der Waals surface area contributed by atoms with Gasteiger partial charge in [0.2, 0.25) is 5.91 Å². The molecule has 0 aromatic carbocycles. The number of hydrogen-bond donors (Lipinski definition) is 2. The number of rotatable bonds is 8. The molecule has 0 aliphatic carbocycles. The maximum atomic E-state index is 12.0. The van der Waals surface area contributed by atoms with Crippen molar-refractivity contribution < 1.29 is 9.53 Å². The number of nitrogens with zero attached hydrogens (tertiary/aromatic N) is 2. The van der Waals surface area contributed by atoms with E-state index in [1.165, 1.54) is 0 Å². The number of nitrogens with two attached hydrogens (primary N) is 1. The molecule has 0 bridgehead atoms. The number of thiazole rings is 1. The lowest BCUT2D eigenvalue weighted by Crippen LogP contribution is -2.38. The van der Waals surface area contributed by atoms with Crippen LogP contribution in [0.1, 0.15) is 37.0 Å². The van der Waals surface area contributed by atoms with Gasteiger partial charge in [-0.15, -0.1) is 11.3 Å². The van der Waals surface area contributed by atoms with Crippen LogP contribution in [0.3, 0.4) is 0 Å². The molecule has 23 heavy (non-hydrogen) atoms. The van der Waals surface area contributed by atoms with Crippen molar-refractivity contribution >= 4 is 17.2 Å². The lowest BCUT2D eigenvalue weighted by molar-refractivity contribution is -0.120. The number of aromatic nitrogens is 1. The molecular weight excluding hydrogens is 312 g/mol. The van der Waals surface area contributed by atoms with E-state index in [0.717, 1.165) is 50.0 Å². The van der Waals surface area contributed by atoms with Gasteiger partial charge in [0.15, 0.2) is 0 Å². The Morgan fingerprint density at radius 1 is 1.48 bits per heavy atom. The molecule has 7 heteroatoms.